The summed E-state index contributed by atoms with van der Waals surface area (Å²) in [5, 5.41) is 40.2. The lowest BCUT2D eigenvalue weighted by molar-refractivity contribution is -0.305. The van der Waals surface area contributed by atoms with E-state index in [4.69, 9.17) is 18.9 Å². The van der Waals surface area contributed by atoms with Crippen molar-refractivity contribution in [3.05, 3.63) is 36.5 Å². The Morgan fingerprint density at radius 2 is 0.918 bits per heavy atom. The zero-order valence-electron chi connectivity index (χ0n) is 38.9. The highest BCUT2D eigenvalue weighted by molar-refractivity contribution is 5.70. The first-order valence-electron chi connectivity index (χ1n) is 25.1. The molecule has 0 aromatic rings. The van der Waals surface area contributed by atoms with Gasteiger partial charge in [0.2, 0.25) is 0 Å². The third kappa shape index (κ3) is 33.1. The second-order valence-electron chi connectivity index (χ2n) is 17.3. The minimum absolute atomic E-state index is 0.227. The van der Waals surface area contributed by atoms with Gasteiger partial charge in [-0.3, -0.25) is 9.59 Å². The molecule has 1 aliphatic rings. The van der Waals surface area contributed by atoms with Gasteiger partial charge in [-0.1, -0.05) is 192 Å². The maximum atomic E-state index is 12.8. The zero-order valence-corrected chi connectivity index (χ0v) is 38.9. The molecule has 0 saturated carbocycles. The Kier molecular flexibility index (Phi) is 39.1. The molecule has 10 nitrogen and oxygen atoms in total. The predicted molar refractivity (Wildman–Crippen MR) is 247 cm³/mol. The summed E-state index contributed by atoms with van der Waals surface area (Å²) in [7, 11) is 0. The molecule has 1 rings (SSSR count). The SMILES string of the molecule is CCCCC/C=C/C/C=C/C/C=C/CCCCCCC(=O)OC[C@H](CO[C@@H]1O[C@H](CO)[C@H](O)C(O)C1O)OC(=O)CCCCCCCCCCCCCCCCCCCCC. The van der Waals surface area contributed by atoms with Crippen molar-refractivity contribution in [2.45, 2.75) is 256 Å². The normalized spacial score (nSPS) is 20.0. The summed E-state index contributed by atoms with van der Waals surface area (Å²) in [5.41, 5.74) is 0. The van der Waals surface area contributed by atoms with Gasteiger partial charge in [-0.2, -0.15) is 0 Å². The van der Waals surface area contributed by atoms with Crippen LogP contribution in [0.3, 0.4) is 0 Å². The van der Waals surface area contributed by atoms with Crippen molar-refractivity contribution in [3.8, 4) is 0 Å². The highest BCUT2D eigenvalue weighted by Crippen LogP contribution is 2.23. The number of hydrogen-bond donors (Lipinski definition) is 4. The third-order valence-corrected chi connectivity index (χ3v) is 11.5. The quantitative estimate of drug-likeness (QED) is 0.0265. The Morgan fingerprint density at radius 3 is 1.41 bits per heavy atom. The molecular weight excluding hydrogens is 773 g/mol. The topological polar surface area (TPSA) is 152 Å². The highest BCUT2D eigenvalue weighted by Gasteiger charge is 2.44. The van der Waals surface area contributed by atoms with Gasteiger partial charge in [-0.25, -0.2) is 0 Å². The number of allylic oxidation sites excluding steroid dienone is 6. The average molecular weight is 865 g/mol. The molecule has 1 saturated heterocycles. The van der Waals surface area contributed by atoms with Gasteiger partial charge in [-0.15, -0.1) is 0 Å². The summed E-state index contributed by atoms with van der Waals surface area (Å²) in [6.45, 7) is 3.40. The van der Waals surface area contributed by atoms with E-state index in [-0.39, 0.29) is 26.1 Å². The lowest BCUT2D eigenvalue weighted by Gasteiger charge is -2.39. The Morgan fingerprint density at radius 1 is 0.508 bits per heavy atom. The molecule has 61 heavy (non-hydrogen) atoms. The molecule has 1 aliphatic heterocycles. The van der Waals surface area contributed by atoms with Crippen LogP contribution in [-0.2, 0) is 28.5 Å². The molecule has 4 N–H and O–H groups in total. The summed E-state index contributed by atoms with van der Waals surface area (Å²) in [4.78, 5) is 25.4. The van der Waals surface area contributed by atoms with Crippen LogP contribution in [0.25, 0.3) is 0 Å². The van der Waals surface area contributed by atoms with Gasteiger partial charge in [0, 0.05) is 12.8 Å². The minimum atomic E-state index is -1.60. The van der Waals surface area contributed by atoms with E-state index in [1.54, 1.807) is 0 Å². The summed E-state index contributed by atoms with van der Waals surface area (Å²) in [6.07, 6.45) is 41.5. The van der Waals surface area contributed by atoms with Crippen LogP contribution in [0.4, 0.5) is 0 Å². The highest BCUT2D eigenvalue weighted by atomic mass is 16.7. The Balaban J connectivity index is 2.29. The van der Waals surface area contributed by atoms with Crippen LogP contribution in [-0.4, -0.2) is 89.0 Å². The van der Waals surface area contributed by atoms with Crippen LogP contribution in [0.15, 0.2) is 36.5 Å². The Labute approximate surface area is 372 Å². The molecule has 2 unspecified atom stereocenters. The van der Waals surface area contributed by atoms with Crippen LogP contribution in [0.2, 0.25) is 0 Å². The second-order valence-corrected chi connectivity index (χ2v) is 17.3. The summed E-state index contributed by atoms with van der Waals surface area (Å²) < 4.78 is 22.2. The van der Waals surface area contributed by atoms with E-state index in [0.29, 0.717) is 12.8 Å². The molecule has 1 fully saturated rings. The molecule has 6 atom stereocenters. The summed E-state index contributed by atoms with van der Waals surface area (Å²) in [6, 6.07) is 0. The van der Waals surface area contributed by atoms with Gasteiger partial charge < -0.3 is 39.4 Å². The van der Waals surface area contributed by atoms with Crippen LogP contribution in [0.5, 0.6) is 0 Å². The van der Waals surface area contributed by atoms with Crippen molar-refractivity contribution in [1.82, 2.24) is 0 Å². The minimum Gasteiger partial charge on any atom is -0.462 e. The maximum absolute atomic E-state index is 12.8. The number of unbranched alkanes of at least 4 members (excludes halogenated alkanes) is 25. The maximum Gasteiger partial charge on any atom is 0.306 e. The summed E-state index contributed by atoms with van der Waals surface area (Å²) in [5.74, 6) is -0.823. The molecular formula is C51H92O10. The van der Waals surface area contributed by atoms with E-state index >= 15 is 0 Å². The van der Waals surface area contributed by atoms with Crippen molar-refractivity contribution < 1.29 is 49.0 Å². The molecule has 0 aliphatic carbocycles. The van der Waals surface area contributed by atoms with E-state index in [1.165, 1.54) is 122 Å². The summed E-state index contributed by atoms with van der Waals surface area (Å²) >= 11 is 0. The number of carbonyl (C=O) groups excluding carboxylic acids is 2. The Bertz CT molecular complexity index is 1090. The second kappa shape index (κ2) is 41.9. The first-order chi connectivity index (χ1) is 29.8. The van der Waals surface area contributed by atoms with Crippen molar-refractivity contribution >= 4 is 11.9 Å². The molecule has 0 spiro atoms. The number of aliphatic hydroxyl groups is 4. The number of hydrogen-bond acceptors (Lipinski definition) is 10. The molecule has 0 radical (unpaired) electrons. The van der Waals surface area contributed by atoms with Gasteiger partial charge in [0.05, 0.1) is 13.2 Å². The molecule has 1 heterocycles. The molecule has 0 amide bonds. The Hall–Kier alpha value is -2.08. The number of rotatable bonds is 42. The first-order valence-corrected chi connectivity index (χ1v) is 25.1. The van der Waals surface area contributed by atoms with Crippen molar-refractivity contribution in [2.75, 3.05) is 19.8 Å². The average Bonchev–Trinajstić information content (AvgIpc) is 3.26. The van der Waals surface area contributed by atoms with Gasteiger partial charge in [-0.05, 0) is 51.4 Å². The van der Waals surface area contributed by atoms with Crippen molar-refractivity contribution in [1.29, 1.82) is 0 Å². The van der Waals surface area contributed by atoms with Crippen LogP contribution in [0.1, 0.15) is 219 Å². The molecule has 356 valence electrons. The van der Waals surface area contributed by atoms with Gasteiger partial charge >= 0.3 is 11.9 Å². The monoisotopic (exact) mass is 865 g/mol. The molecule has 0 bridgehead atoms. The third-order valence-electron chi connectivity index (χ3n) is 11.5. The van der Waals surface area contributed by atoms with Gasteiger partial charge in [0.15, 0.2) is 12.4 Å². The standard InChI is InChI=1S/C51H92O10/c1-3-5-7-9-11-13-15-17-19-21-22-24-26-28-30-32-34-36-38-40-47(54)60-44(43-59-51-50(57)49(56)48(55)45(41-52)61-51)42-58-46(53)39-37-35-33-31-29-27-25-23-20-18-16-14-12-10-8-6-4-2/h12,14,18,20,25,27,44-45,48-52,55-57H,3-11,13,15-17,19,21-24,26,28-43H2,1-2H3/b14-12+,20-18+,27-25+/t44-,45-,48+,49?,50?,51-/m1/s1. The van der Waals surface area contributed by atoms with Crippen LogP contribution in [0, 0.1) is 0 Å². The van der Waals surface area contributed by atoms with E-state index in [9.17, 15) is 30.0 Å². The van der Waals surface area contributed by atoms with Crippen molar-refractivity contribution in [3.63, 3.8) is 0 Å². The van der Waals surface area contributed by atoms with E-state index in [1.807, 2.05) is 0 Å². The van der Waals surface area contributed by atoms with Crippen LogP contribution < -0.4 is 0 Å². The molecule has 0 aromatic heterocycles. The van der Waals surface area contributed by atoms with Crippen LogP contribution >= 0.6 is 0 Å². The van der Waals surface area contributed by atoms with E-state index < -0.39 is 55.4 Å². The lowest BCUT2D eigenvalue weighted by atomic mass is 9.99. The van der Waals surface area contributed by atoms with Gasteiger partial charge in [0.25, 0.3) is 0 Å². The zero-order chi connectivity index (χ0) is 44.4. The molecule has 0 aromatic carbocycles. The first kappa shape index (κ1) is 56.9. The van der Waals surface area contributed by atoms with Gasteiger partial charge in [0.1, 0.15) is 31.0 Å². The smallest absolute Gasteiger partial charge is 0.306 e. The molecule has 10 heteroatoms. The van der Waals surface area contributed by atoms with E-state index in [2.05, 4.69) is 50.3 Å². The van der Waals surface area contributed by atoms with E-state index in [0.717, 1.165) is 57.8 Å². The fourth-order valence-electron chi connectivity index (χ4n) is 7.55. The lowest BCUT2D eigenvalue weighted by Crippen LogP contribution is -2.59. The van der Waals surface area contributed by atoms with Crippen molar-refractivity contribution in [2.24, 2.45) is 0 Å². The fraction of sp³-hybridized carbons (Fsp3) is 0.843. The fourth-order valence-corrected chi connectivity index (χ4v) is 7.55. The largest absolute Gasteiger partial charge is 0.462 e. The number of ether oxygens (including phenoxy) is 4. The number of carbonyl (C=O) groups is 2. The predicted octanol–water partition coefficient (Wildman–Crippen LogP) is 11.4. The number of aliphatic hydroxyl groups excluding tert-OH is 4. The number of esters is 2.